The summed E-state index contributed by atoms with van der Waals surface area (Å²) < 4.78 is 10.5. The van der Waals surface area contributed by atoms with E-state index < -0.39 is 0 Å². The Hall–Kier alpha value is -2.67. The van der Waals surface area contributed by atoms with E-state index in [0.29, 0.717) is 41.2 Å². The summed E-state index contributed by atoms with van der Waals surface area (Å²) in [4.78, 5) is 16.4. The molecule has 1 N–H and O–H groups in total. The minimum Gasteiger partial charge on any atom is -0.356 e. The summed E-state index contributed by atoms with van der Waals surface area (Å²) in [6.07, 6.45) is 0.636. The molecule has 3 aromatic rings. The molecule has 0 spiro atoms. The molecule has 2 aromatic heterocycles. The molecule has 0 radical (unpaired) electrons. The third kappa shape index (κ3) is 5.17. The number of aromatic nitrogens is 3. The first kappa shape index (κ1) is 19.1. The minimum atomic E-state index is -0.191. The van der Waals surface area contributed by atoms with Crippen LogP contribution in [0.2, 0.25) is 5.02 Å². The van der Waals surface area contributed by atoms with E-state index in [9.17, 15) is 4.79 Å². The van der Waals surface area contributed by atoms with Crippen LogP contribution in [0.15, 0.2) is 39.4 Å². The first-order valence-electron chi connectivity index (χ1n) is 8.62. The van der Waals surface area contributed by atoms with Crippen molar-refractivity contribution >= 4 is 17.5 Å². The van der Waals surface area contributed by atoms with E-state index in [1.165, 1.54) is 0 Å². The molecule has 142 valence electrons. The molecule has 0 saturated carbocycles. The van der Waals surface area contributed by atoms with Crippen LogP contribution in [0.25, 0.3) is 11.3 Å². The van der Waals surface area contributed by atoms with E-state index >= 15 is 0 Å². The highest BCUT2D eigenvalue weighted by atomic mass is 35.5. The lowest BCUT2D eigenvalue weighted by Crippen LogP contribution is -2.27. The summed E-state index contributed by atoms with van der Waals surface area (Å²) >= 11 is 5.88. The van der Waals surface area contributed by atoms with E-state index in [2.05, 4.69) is 20.6 Å². The van der Waals surface area contributed by atoms with Gasteiger partial charge in [-0.3, -0.25) is 4.79 Å². The number of nitrogens with zero attached hydrogens (tertiary/aromatic N) is 3. The number of hydrogen-bond acceptors (Lipinski definition) is 6. The van der Waals surface area contributed by atoms with Gasteiger partial charge in [0.2, 0.25) is 11.8 Å². The van der Waals surface area contributed by atoms with Crippen LogP contribution >= 0.6 is 11.6 Å². The number of carbonyl (C=O) groups excluding carboxylic acids is 1. The minimum absolute atomic E-state index is 0.135. The number of amides is 1. The molecule has 0 saturated heterocycles. The Kier molecular flexibility index (Phi) is 5.60. The predicted molar refractivity (Wildman–Crippen MR) is 100 cm³/mol. The van der Waals surface area contributed by atoms with Gasteiger partial charge in [0.25, 0.3) is 0 Å². The maximum Gasteiger partial charge on any atom is 0.232 e. The molecule has 7 nitrogen and oxygen atoms in total. The van der Waals surface area contributed by atoms with Crippen LogP contribution in [0, 0.1) is 0 Å². The Morgan fingerprint density at radius 2 is 1.89 bits per heavy atom. The van der Waals surface area contributed by atoms with Gasteiger partial charge in [-0.1, -0.05) is 42.7 Å². The van der Waals surface area contributed by atoms with Gasteiger partial charge in [0.05, 0.1) is 12.1 Å². The van der Waals surface area contributed by atoms with Crippen LogP contribution < -0.4 is 5.32 Å². The Labute approximate surface area is 162 Å². The van der Waals surface area contributed by atoms with Crippen LogP contribution in [0.3, 0.4) is 0 Å². The molecule has 1 aromatic carbocycles. The van der Waals surface area contributed by atoms with Gasteiger partial charge >= 0.3 is 0 Å². The number of halogens is 1. The van der Waals surface area contributed by atoms with E-state index in [0.717, 1.165) is 5.56 Å². The van der Waals surface area contributed by atoms with Crippen LogP contribution in [-0.2, 0) is 23.1 Å². The van der Waals surface area contributed by atoms with Gasteiger partial charge < -0.3 is 14.4 Å². The zero-order valence-electron chi connectivity index (χ0n) is 15.5. The second-order valence-electron chi connectivity index (χ2n) is 7.23. The Morgan fingerprint density at radius 1 is 1.15 bits per heavy atom. The molecule has 1 amide bonds. The Balaban J connectivity index is 1.48. The average Bonchev–Trinajstić information content (AvgIpc) is 3.25. The smallest absolute Gasteiger partial charge is 0.232 e. The van der Waals surface area contributed by atoms with Crippen LogP contribution in [0.4, 0.5) is 0 Å². The van der Waals surface area contributed by atoms with E-state index in [4.69, 9.17) is 20.6 Å². The molecule has 0 atom stereocenters. The van der Waals surface area contributed by atoms with Crippen molar-refractivity contribution in [1.82, 2.24) is 20.6 Å². The summed E-state index contributed by atoms with van der Waals surface area (Å²) in [7, 11) is 0. The number of nitrogens with one attached hydrogen (secondary N) is 1. The maximum absolute atomic E-state index is 12.1. The summed E-state index contributed by atoms with van der Waals surface area (Å²) in [6, 6.07) is 8.97. The number of hydrogen-bond donors (Lipinski definition) is 1. The SMILES string of the molecule is CC(C)(C)c1nc(CCNC(=O)Cc2cc(-c3ccc(Cl)cc3)on2)no1. The maximum atomic E-state index is 12.1. The van der Waals surface area contributed by atoms with Gasteiger partial charge in [-0.25, -0.2) is 0 Å². The van der Waals surface area contributed by atoms with E-state index in [1.54, 1.807) is 18.2 Å². The van der Waals surface area contributed by atoms with Gasteiger partial charge in [-0.2, -0.15) is 4.98 Å². The zero-order valence-corrected chi connectivity index (χ0v) is 16.2. The van der Waals surface area contributed by atoms with Crippen molar-refractivity contribution in [2.24, 2.45) is 0 Å². The molecular weight excluding hydrogens is 368 g/mol. The molecule has 0 aliphatic heterocycles. The monoisotopic (exact) mass is 388 g/mol. The average molecular weight is 389 g/mol. The highest BCUT2D eigenvalue weighted by Crippen LogP contribution is 2.22. The predicted octanol–water partition coefficient (Wildman–Crippen LogP) is 3.58. The Bertz CT molecular complexity index is 910. The lowest BCUT2D eigenvalue weighted by Gasteiger charge is -2.10. The highest BCUT2D eigenvalue weighted by Gasteiger charge is 2.21. The topological polar surface area (TPSA) is 94.1 Å². The molecule has 0 fully saturated rings. The largest absolute Gasteiger partial charge is 0.356 e. The third-order valence-corrected chi connectivity index (χ3v) is 4.06. The number of rotatable bonds is 6. The van der Waals surface area contributed by atoms with Gasteiger partial charge in [0, 0.05) is 35.0 Å². The fraction of sp³-hybridized carbons (Fsp3) is 0.368. The van der Waals surface area contributed by atoms with Gasteiger partial charge in [0.15, 0.2) is 11.6 Å². The molecule has 2 heterocycles. The zero-order chi connectivity index (χ0) is 19.4. The molecule has 0 unspecified atom stereocenters. The van der Waals surface area contributed by atoms with Crippen LogP contribution in [0.5, 0.6) is 0 Å². The lowest BCUT2D eigenvalue weighted by molar-refractivity contribution is -0.120. The van der Waals surface area contributed by atoms with E-state index in [-0.39, 0.29) is 17.7 Å². The van der Waals surface area contributed by atoms with E-state index in [1.807, 2.05) is 32.9 Å². The highest BCUT2D eigenvalue weighted by molar-refractivity contribution is 6.30. The number of carbonyl (C=O) groups is 1. The molecule has 0 aliphatic carbocycles. The molecule has 0 aliphatic rings. The summed E-state index contributed by atoms with van der Waals surface area (Å²) in [5.74, 6) is 1.61. The molecule has 0 bridgehead atoms. The quantitative estimate of drug-likeness (QED) is 0.693. The standard InChI is InChI=1S/C19H21ClN4O3/c1-19(2,3)18-22-16(24-27-18)8-9-21-17(25)11-14-10-15(26-23-14)12-4-6-13(20)7-5-12/h4-7,10H,8-9,11H2,1-3H3,(H,21,25). The van der Waals surface area contributed by atoms with Crippen molar-refractivity contribution in [1.29, 1.82) is 0 Å². The van der Waals surface area contributed by atoms with Crippen molar-refractivity contribution in [2.75, 3.05) is 6.54 Å². The molecular formula is C19H21ClN4O3. The van der Waals surface area contributed by atoms with Crippen molar-refractivity contribution in [3.63, 3.8) is 0 Å². The first-order chi connectivity index (χ1) is 12.8. The fourth-order valence-electron chi connectivity index (χ4n) is 2.35. The van der Waals surface area contributed by atoms with Gasteiger partial charge in [0.1, 0.15) is 0 Å². The van der Waals surface area contributed by atoms with Crippen LogP contribution in [0.1, 0.15) is 38.2 Å². The lowest BCUT2D eigenvalue weighted by atomic mass is 9.97. The van der Waals surface area contributed by atoms with Crippen molar-refractivity contribution in [2.45, 2.75) is 39.0 Å². The third-order valence-electron chi connectivity index (χ3n) is 3.81. The summed E-state index contributed by atoms with van der Waals surface area (Å²) in [5, 5.41) is 11.3. The molecule has 3 rings (SSSR count). The van der Waals surface area contributed by atoms with Crippen molar-refractivity contribution in [3.8, 4) is 11.3 Å². The Morgan fingerprint density at radius 3 is 2.56 bits per heavy atom. The van der Waals surface area contributed by atoms with Gasteiger partial charge in [-0.15, -0.1) is 0 Å². The second-order valence-corrected chi connectivity index (χ2v) is 7.67. The molecule has 8 heteroatoms. The molecule has 27 heavy (non-hydrogen) atoms. The fourth-order valence-corrected chi connectivity index (χ4v) is 2.47. The number of benzene rings is 1. The summed E-state index contributed by atoms with van der Waals surface area (Å²) in [5.41, 5.74) is 1.22. The van der Waals surface area contributed by atoms with Crippen LogP contribution in [-0.4, -0.2) is 27.7 Å². The first-order valence-corrected chi connectivity index (χ1v) is 9.00. The summed E-state index contributed by atoms with van der Waals surface area (Å²) in [6.45, 7) is 6.43. The normalized spacial score (nSPS) is 11.6. The van der Waals surface area contributed by atoms with Crippen molar-refractivity contribution < 1.29 is 13.8 Å². The van der Waals surface area contributed by atoms with Gasteiger partial charge in [-0.05, 0) is 24.3 Å². The van der Waals surface area contributed by atoms with Crippen molar-refractivity contribution in [3.05, 3.63) is 52.8 Å². The second kappa shape index (κ2) is 7.92.